The molecule has 2 unspecified atom stereocenters. The molecular weight excluding hydrogens is 397 g/mol. The predicted octanol–water partition coefficient (Wildman–Crippen LogP) is 6.46. The smallest absolute Gasteiger partial charge is 0.422 e. The summed E-state index contributed by atoms with van der Waals surface area (Å²) >= 11 is 0. The summed E-state index contributed by atoms with van der Waals surface area (Å²) in [7, 11) is 0. The molecule has 0 aromatic carbocycles. The van der Waals surface area contributed by atoms with Crippen LogP contribution < -0.4 is 0 Å². The molecule has 176 valence electrons. The van der Waals surface area contributed by atoms with Gasteiger partial charge in [0.15, 0.2) is 6.61 Å². The molecule has 0 bridgehead atoms. The lowest BCUT2D eigenvalue weighted by Crippen LogP contribution is -2.51. The number of rotatable bonds is 8. The zero-order chi connectivity index (χ0) is 23.6. The molecule has 0 aromatic rings. The third-order valence-corrected chi connectivity index (χ3v) is 7.16. The second kappa shape index (κ2) is 9.07. The molecular formula is C23H39F3O4. The van der Waals surface area contributed by atoms with E-state index < -0.39 is 47.1 Å². The molecule has 1 aliphatic rings. The third kappa shape index (κ3) is 6.36. The van der Waals surface area contributed by atoms with Gasteiger partial charge >= 0.3 is 18.1 Å². The van der Waals surface area contributed by atoms with Crippen LogP contribution in [-0.2, 0) is 19.1 Å². The Kier molecular flexibility index (Phi) is 8.09. The Morgan fingerprint density at radius 3 is 1.90 bits per heavy atom. The molecule has 0 N–H and O–H groups in total. The van der Waals surface area contributed by atoms with Gasteiger partial charge in [-0.3, -0.25) is 9.59 Å². The summed E-state index contributed by atoms with van der Waals surface area (Å²) in [6.45, 7) is 14.0. The summed E-state index contributed by atoms with van der Waals surface area (Å²) in [5, 5.41) is 0. The average Bonchev–Trinajstić information content (AvgIpc) is 3.06. The maximum Gasteiger partial charge on any atom is 0.422 e. The highest BCUT2D eigenvalue weighted by Gasteiger charge is 2.53. The largest absolute Gasteiger partial charge is 0.458 e. The fourth-order valence-corrected chi connectivity index (χ4v) is 4.11. The molecule has 1 rings (SSSR count). The number of hydrogen-bond acceptors (Lipinski definition) is 4. The van der Waals surface area contributed by atoms with Gasteiger partial charge in [0.1, 0.15) is 5.60 Å². The summed E-state index contributed by atoms with van der Waals surface area (Å²) in [4.78, 5) is 25.9. The number of halogens is 3. The number of carbonyl (C=O) groups is 2. The molecule has 30 heavy (non-hydrogen) atoms. The van der Waals surface area contributed by atoms with Crippen molar-refractivity contribution < 1.29 is 32.2 Å². The first-order valence-electron chi connectivity index (χ1n) is 10.9. The fourth-order valence-electron chi connectivity index (χ4n) is 4.11. The summed E-state index contributed by atoms with van der Waals surface area (Å²) in [5.74, 6) is -2.34. The number of ether oxygens (including phenoxy) is 2. The second-order valence-corrected chi connectivity index (χ2v) is 10.9. The van der Waals surface area contributed by atoms with Gasteiger partial charge in [-0.05, 0) is 56.8 Å². The van der Waals surface area contributed by atoms with E-state index in [1.54, 1.807) is 0 Å². The Labute approximate surface area is 179 Å². The molecule has 1 fully saturated rings. The number of alkyl halides is 3. The zero-order valence-electron chi connectivity index (χ0n) is 19.8. The van der Waals surface area contributed by atoms with Crippen LogP contribution in [0, 0.1) is 22.2 Å². The van der Waals surface area contributed by atoms with E-state index in [4.69, 9.17) is 4.74 Å². The molecule has 4 nitrogen and oxygen atoms in total. The molecule has 0 saturated heterocycles. The fraction of sp³-hybridized carbons (Fsp3) is 0.913. The lowest BCUT2D eigenvalue weighted by atomic mass is 9.60. The maximum absolute atomic E-state index is 13.6. The minimum atomic E-state index is -4.59. The Balaban J connectivity index is 3.15. The summed E-state index contributed by atoms with van der Waals surface area (Å²) in [6, 6.07) is 0. The summed E-state index contributed by atoms with van der Waals surface area (Å²) < 4.78 is 48.0. The predicted molar refractivity (Wildman–Crippen MR) is 110 cm³/mol. The molecule has 7 heteroatoms. The van der Waals surface area contributed by atoms with Crippen molar-refractivity contribution in [3.63, 3.8) is 0 Å². The van der Waals surface area contributed by atoms with Crippen molar-refractivity contribution in [1.29, 1.82) is 0 Å². The summed E-state index contributed by atoms with van der Waals surface area (Å²) in [5.41, 5.74) is -2.45. The summed E-state index contributed by atoms with van der Waals surface area (Å²) in [6.07, 6.45) is -0.727. The highest BCUT2D eigenvalue weighted by molar-refractivity contribution is 5.79. The van der Waals surface area contributed by atoms with E-state index in [0.717, 1.165) is 19.3 Å². The van der Waals surface area contributed by atoms with E-state index in [9.17, 15) is 22.8 Å². The van der Waals surface area contributed by atoms with Crippen molar-refractivity contribution in [2.24, 2.45) is 22.2 Å². The van der Waals surface area contributed by atoms with Gasteiger partial charge in [0, 0.05) is 0 Å². The second-order valence-electron chi connectivity index (χ2n) is 10.9. The van der Waals surface area contributed by atoms with Crippen LogP contribution in [0.2, 0.25) is 0 Å². The lowest BCUT2D eigenvalue weighted by molar-refractivity contribution is -0.202. The van der Waals surface area contributed by atoms with Crippen LogP contribution in [-0.4, -0.2) is 30.3 Å². The lowest BCUT2D eigenvalue weighted by Gasteiger charge is -2.46. The number of esters is 2. The van der Waals surface area contributed by atoms with Gasteiger partial charge in [0.2, 0.25) is 0 Å². The van der Waals surface area contributed by atoms with Crippen molar-refractivity contribution >= 4 is 11.9 Å². The van der Waals surface area contributed by atoms with Gasteiger partial charge in [-0.15, -0.1) is 0 Å². The Morgan fingerprint density at radius 1 is 1.00 bits per heavy atom. The maximum atomic E-state index is 13.6. The minimum absolute atomic E-state index is 0.0961. The van der Waals surface area contributed by atoms with Gasteiger partial charge in [-0.2, -0.15) is 13.2 Å². The Bertz CT molecular complexity index is 613. The van der Waals surface area contributed by atoms with E-state index in [0.29, 0.717) is 19.3 Å². The van der Waals surface area contributed by atoms with Crippen LogP contribution in [0.15, 0.2) is 0 Å². The van der Waals surface area contributed by atoms with Crippen molar-refractivity contribution in [1.82, 2.24) is 0 Å². The highest BCUT2D eigenvalue weighted by Crippen LogP contribution is 2.51. The molecule has 0 heterocycles. The molecule has 0 aliphatic heterocycles. The number of carbonyl (C=O) groups excluding carboxylic acids is 2. The molecule has 0 aromatic heterocycles. The first-order valence-corrected chi connectivity index (χ1v) is 10.9. The Morgan fingerprint density at radius 2 is 1.50 bits per heavy atom. The SMILES string of the molecule is CCC(C)(C)CC(C)(C(=O)OC1(C(C)C(=O)OCC(F)(F)F)CCCC1)C(C)(C)C. The first kappa shape index (κ1) is 26.8. The molecule has 0 spiro atoms. The van der Waals surface area contributed by atoms with Crippen LogP contribution in [0.25, 0.3) is 0 Å². The Hall–Kier alpha value is -1.27. The van der Waals surface area contributed by atoms with Gasteiger partial charge in [-0.1, -0.05) is 48.0 Å². The van der Waals surface area contributed by atoms with Gasteiger partial charge < -0.3 is 9.47 Å². The molecule has 2 atom stereocenters. The first-order chi connectivity index (χ1) is 13.4. The monoisotopic (exact) mass is 436 g/mol. The van der Waals surface area contributed by atoms with Crippen molar-refractivity contribution in [3.05, 3.63) is 0 Å². The van der Waals surface area contributed by atoms with Gasteiger partial charge in [0.05, 0.1) is 11.3 Å². The average molecular weight is 437 g/mol. The minimum Gasteiger partial charge on any atom is -0.458 e. The number of hydrogen-bond donors (Lipinski definition) is 0. The van der Waals surface area contributed by atoms with Gasteiger partial charge in [-0.25, -0.2) is 0 Å². The van der Waals surface area contributed by atoms with Crippen LogP contribution in [0.5, 0.6) is 0 Å². The van der Waals surface area contributed by atoms with E-state index in [1.165, 1.54) is 6.92 Å². The van der Waals surface area contributed by atoms with E-state index in [1.807, 2.05) is 27.7 Å². The standard InChI is InChI=1S/C23H39F3O4/c1-9-20(6,7)14-21(8,19(3,4)5)18(28)30-22(12-10-11-13-22)16(2)17(27)29-15-23(24,25)26/h16H,9-15H2,1-8H3. The van der Waals surface area contributed by atoms with Crippen molar-refractivity contribution in [2.45, 2.75) is 106 Å². The quantitative estimate of drug-likeness (QED) is 0.410. The van der Waals surface area contributed by atoms with Gasteiger partial charge in [0.25, 0.3) is 0 Å². The van der Waals surface area contributed by atoms with Crippen molar-refractivity contribution in [2.75, 3.05) is 6.61 Å². The van der Waals surface area contributed by atoms with Crippen molar-refractivity contribution in [3.8, 4) is 0 Å². The molecule has 1 saturated carbocycles. The highest BCUT2D eigenvalue weighted by atomic mass is 19.4. The van der Waals surface area contributed by atoms with E-state index in [2.05, 4.69) is 25.5 Å². The van der Waals surface area contributed by atoms with Crippen LogP contribution >= 0.6 is 0 Å². The molecule has 0 radical (unpaired) electrons. The third-order valence-electron chi connectivity index (χ3n) is 7.16. The topological polar surface area (TPSA) is 52.6 Å². The normalized spacial score (nSPS) is 20.4. The van der Waals surface area contributed by atoms with Crippen LogP contribution in [0.4, 0.5) is 13.2 Å². The van der Waals surface area contributed by atoms with E-state index >= 15 is 0 Å². The van der Waals surface area contributed by atoms with Crippen LogP contribution in [0.3, 0.4) is 0 Å². The van der Waals surface area contributed by atoms with E-state index in [-0.39, 0.29) is 5.41 Å². The molecule has 0 amide bonds. The molecule has 1 aliphatic carbocycles. The van der Waals surface area contributed by atoms with Crippen LogP contribution in [0.1, 0.15) is 93.9 Å². The zero-order valence-corrected chi connectivity index (χ0v) is 19.8.